The molecular formula is C18H24N2O. The Morgan fingerprint density at radius 3 is 2.71 bits per heavy atom. The summed E-state index contributed by atoms with van der Waals surface area (Å²) in [4.78, 5) is 4.30. The van der Waals surface area contributed by atoms with E-state index in [-0.39, 0.29) is 0 Å². The second-order valence-corrected chi connectivity index (χ2v) is 5.60. The number of anilines is 1. The Morgan fingerprint density at radius 2 is 2.00 bits per heavy atom. The molecule has 0 fully saturated rings. The van der Waals surface area contributed by atoms with Crippen molar-refractivity contribution >= 4 is 5.82 Å². The van der Waals surface area contributed by atoms with Gasteiger partial charge in [-0.25, -0.2) is 4.98 Å². The van der Waals surface area contributed by atoms with E-state index in [1.165, 1.54) is 11.1 Å². The molecule has 0 bridgehead atoms. The maximum absolute atomic E-state index is 6.09. The molecule has 1 N–H and O–H groups in total. The third-order valence-electron chi connectivity index (χ3n) is 3.31. The minimum Gasteiger partial charge on any atom is -0.457 e. The maximum Gasteiger partial charge on any atom is 0.132 e. The topological polar surface area (TPSA) is 34.1 Å². The maximum atomic E-state index is 6.09. The summed E-state index contributed by atoms with van der Waals surface area (Å²) in [5, 5.41) is 3.28. The highest BCUT2D eigenvalue weighted by Crippen LogP contribution is 2.31. The van der Waals surface area contributed by atoms with Crippen LogP contribution in [0.5, 0.6) is 11.5 Å². The molecule has 0 spiro atoms. The molecule has 2 aromatic rings. The molecule has 3 heteroatoms. The molecule has 0 aliphatic heterocycles. The molecule has 0 unspecified atom stereocenters. The molecule has 21 heavy (non-hydrogen) atoms. The predicted octanol–water partition coefficient (Wildman–Crippen LogP) is 5.13. The molecule has 0 amide bonds. The minimum atomic E-state index is 0.431. The van der Waals surface area contributed by atoms with E-state index in [9.17, 15) is 0 Å². The molecule has 0 atom stereocenters. The summed E-state index contributed by atoms with van der Waals surface area (Å²) < 4.78 is 6.09. The number of aryl methyl sites for hydroxylation is 1. The van der Waals surface area contributed by atoms with Gasteiger partial charge in [-0.2, -0.15) is 0 Å². The predicted molar refractivity (Wildman–Crippen MR) is 88.4 cm³/mol. The minimum absolute atomic E-state index is 0.431. The fourth-order valence-electron chi connectivity index (χ4n) is 2.16. The fourth-order valence-corrected chi connectivity index (χ4v) is 2.16. The molecule has 2 rings (SSSR count). The molecular weight excluding hydrogens is 260 g/mol. The summed E-state index contributed by atoms with van der Waals surface area (Å²) in [5.74, 6) is 3.03. The quantitative estimate of drug-likeness (QED) is 0.798. The highest BCUT2D eigenvalue weighted by Gasteiger charge is 2.09. The van der Waals surface area contributed by atoms with Gasteiger partial charge in [0.1, 0.15) is 17.3 Å². The van der Waals surface area contributed by atoms with Gasteiger partial charge in [-0.3, -0.25) is 0 Å². The molecule has 1 aromatic carbocycles. The third kappa shape index (κ3) is 4.22. The average Bonchev–Trinajstić information content (AvgIpc) is 2.45. The van der Waals surface area contributed by atoms with Crippen molar-refractivity contribution in [2.24, 2.45) is 0 Å². The van der Waals surface area contributed by atoms with E-state index in [4.69, 9.17) is 4.74 Å². The highest BCUT2D eigenvalue weighted by molar-refractivity contribution is 5.45. The fraction of sp³-hybridized carbons (Fsp3) is 0.389. The third-order valence-corrected chi connectivity index (χ3v) is 3.31. The van der Waals surface area contributed by atoms with E-state index in [1.807, 2.05) is 12.1 Å². The van der Waals surface area contributed by atoms with Crippen molar-refractivity contribution in [3.63, 3.8) is 0 Å². The van der Waals surface area contributed by atoms with Crippen molar-refractivity contribution in [3.8, 4) is 11.5 Å². The Balaban J connectivity index is 2.23. The van der Waals surface area contributed by atoms with Crippen molar-refractivity contribution < 1.29 is 4.74 Å². The lowest BCUT2D eigenvalue weighted by Crippen LogP contribution is -2.02. The first-order valence-corrected chi connectivity index (χ1v) is 7.58. The SMILES string of the molecule is CCCNc1cc(Oc2cc(C)ccc2C(C)C)ccn1. The first-order chi connectivity index (χ1) is 10.1. The zero-order valence-corrected chi connectivity index (χ0v) is 13.3. The number of ether oxygens (including phenoxy) is 1. The smallest absolute Gasteiger partial charge is 0.132 e. The van der Waals surface area contributed by atoms with Crippen LogP contribution >= 0.6 is 0 Å². The summed E-state index contributed by atoms with van der Waals surface area (Å²) in [7, 11) is 0. The molecule has 0 radical (unpaired) electrons. The lowest BCUT2D eigenvalue weighted by molar-refractivity contribution is 0.472. The van der Waals surface area contributed by atoms with Crippen LogP contribution in [0.2, 0.25) is 0 Å². The highest BCUT2D eigenvalue weighted by atomic mass is 16.5. The first kappa shape index (κ1) is 15.4. The van der Waals surface area contributed by atoms with Gasteiger partial charge in [-0.1, -0.05) is 32.9 Å². The summed E-state index contributed by atoms with van der Waals surface area (Å²) in [6.45, 7) is 9.49. The number of benzene rings is 1. The molecule has 0 saturated carbocycles. The van der Waals surface area contributed by atoms with Crippen LogP contribution in [0, 0.1) is 6.92 Å². The Hall–Kier alpha value is -2.03. The summed E-state index contributed by atoms with van der Waals surface area (Å²) >= 11 is 0. The Kier molecular flexibility index (Phi) is 5.20. The number of hydrogen-bond acceptors (Lipinski definition) is 3. The van der Waals surface area contributed by atoms with Crippen LogP contribution in [-0.2, 0) is 0 Å². The molecule has 0 aliphatic rings. The Morgan fingerprint density at radius 1 is 1.19 bits per heavy atom. The number of hydrogen-bond donors (Lipinski definition) is 1. The molecule has 0 saturated heterocycles. The van der Waals surface area contributed by atoms with Gasteiger partial charge < -0.3 is 10.1 Å². The van der Waals surface area contributed by atoms with Crippen LogP contribution in [0.25, 0.3) is 0 Å². The van der Waals surface area contributed by atoms with Gasteiger partial charge in [-0.05, 0) is 42.5 Å². The van der Waals surface area contributed by atoms with Crippen LogP contribution < -0.4 is 10.1 Å². The van der Waals surface area contributed by atoms with E-state index in [2.05, 4.69) is 56.2 Å². The standard InChI is InChI=1S/C18H24N2O/c1-5-9-19-18-12-15(8-10-20-18)21-17-11-14(4)6-7-16(17)13(2)3/h6-8,10-13H,5,9H2,1-4H3,(H,19,20). The lowest BCUT2D eigenvalue weighted by atomic mass is 10.0. The number of pyridine rings is 1. The second kappa shape index (κ2) is 7.11. The zero-order chi connectivity index (χ0) is 15.2. The number of rotatable bonds is 6. The van der Waals surface area contributed by atoms with Crippen LogP contribution in [-0.4, -0.2) is 11.5 Å². The van der Waals surface area contributed by atoms with E-state index in [0.717, 1.165) is 30.3 Å². The number of nitrogens with one attached hydrogen (secondary N) is 1. The van der Waals surface area contributed by atoms with Crippen molar-refractivity contribution in [1.29, 1.82) is 0 Å². The van der Waals surface area contributed by atoms with Crippen molar-refractivity contribution in [2.75, 3.05) is 11.9 Å². The summed E-state index contributed by atoms with van der Waals surface area (Å²) in [6, 6.07) is 10.2. The molecule has 0 aliphatic carbocycles. The van der Waals surface area contributed by atoms with Crippen molar-refractivity contribution in [1.82, 2.24) is 4.98 Å². The van der Waals surface area contributed by atoms with E-state index in [1.54, 1.807) is 6.20 Å². The van der Waals surface area contributed by atoms with Crippen molar-refractivity contribution in [3.05, 3.63) is 47.7 Å². The largest absolute Gasteiger partial charge is 0.457 e. The summed E-state index contributed by atoms with van der Waals surface area (Å²) in [5.41, 5.74) is 2.42. The monoisotopic (exact) mass is 284 g/mol. The van der Waals surface area contributed by atoms with Gasteiger partial charge in [0.2, 0.25) is 0 Å². The van der Waals surface area contributed by atoms with Gasteiger partial charge in [0.05, 0.1) is 0 Å². The number of nitrogens with zero attached hydrogens (tertiary/aromatic N) is 1. The lowest BCUT2D eigenvalue weighted by Gasteiger charge is -2.15. The van der Waals surface area contributed by atoms with Gasteiger partial charge in [0.15, 0.2) is 0 Å². The molecule has 1 heterocycles. The molecule has 3 nitrogen and oxygen atoms in total. The zero-order valence-electron chi connectivity index (χ0n) is 13.3. The van der Waals surface area contributed by atoms with E-state index < -0.39 is 0 Å². The van der Waals surface area contributed by atoms with Crippen LogP contribution in [0.4, 0.5) is 5.82 Å². The summed E-state index contributed by atoms with van der Waals surface area (Å²) in [6.07, 6.45) is 2.85. The van der Waals surface area contributed by atoms with Crippen LogP contribution in [0.15, 0.2) is 36.5 Å². The second-order valence-electron chi connectivity index (χ2n) is 5.60. The van der Waals surface area contributed by atoms with Crippen LogP contribution in [0.1, 0.15) is 44.2 Å². The van der Waals surface area contributed by atoms with E-state index in [0.29, 0.717) is 5.92 Å². The first-order valence-electron chi connectivity index (χ1n) is 7.58. The van der Waals surface area contributed by atoms with Crippen LogP contribution in [0.3, 0.4) is 0 Å². The van der Waals surface area contributed by atoms with Gasteiger partial charge in [-0.15, -0.1) is 0 Å². The Labute approximate surface area is 127 Å². The Bertz CT molecular complexity index is 594. The van der Waals surface area contributed by atoms with Crippen molar-refractivity contribution in [2.45, 2.75) is 40.0 Å². The average molecular weight is 284 g/mol. The normalized spacial score (nSPS) is 10.7. The van der Waals surface area contributed by atoms with Gasteiger partial charge in [0.25, 0.3) is 0 Å². The van der Waals surface area contributed by atoms with Gasteiger partial charge >= 0.3 is 0 Å². The number of aromatic nitrogens is 1. The molecule has 1 aromatic heterocycles. The van der Waals surface area contributed by atoms with E-state index >= 15 is 0 Å². The molecule has 112 valence electrons. The van der Waals surface area contributed by atoms with Gasteiger partial charge in [0, 0.05) is 18.8 Å².